The standard InChI is InChI=1S/C29H40N6O3/c1-6-22-23(28(36)30-14-24-18(3)12-19(4)32-29(24)37)13-26-25(15-31-33(26)5)27(22)35(7-2)20-8-10-34(11-9-20)21-16-38-17-21/h12-13,15,20-21H,6-11,14,16-17H2,1-5H3,(H,30,36)(H,32,37). The number of anilines is 1. The molecule has 38 heavy (non-hydrogen) atoms. The molecule has 2 aromatic heterocycles. The molecule has 0 radical (unpaired) electrons. The topological polar surface area (TPSA) is 95.5 Å². The Bertz CT molecular complexity index is 1380. The van der Waals surface area contributed by atoms with Crippen LogP contribution >= 0.6 is 0 Å². The number of amides is 1. The number of aromatic amines is 1. The predicted molar refractivity (Wildman–Crippen MR) is 150 cm³/mol. The van der Waals surface area contributed by atoms with Gasteiger partial charge in [-0.3, -0.25) is 19.2 Å². The molecule has 0 atom stereocenters. The van der Waals surface area contributed by atoms with E-state index in [2.05, 4.69) is 39.0 Å². The van der Waals surface area contributed by atoms with Crippen molar-refractivity contribution in [2.45, 2.75) is 65.6 Å². The third-order valence-electron chi connectivity index (χ3n) is 8.35. The van der Waals surface area contributed by atoms with E-state index in [0.717, 1.165) is 85.5 Å². The largest absolute Gasteiger partial charge is 0.378 e. The molecule has 204 valence electrons. The van der Waals surface area contributed by atoms with Crippen molar-refractivity contribution >= 4 is 22.5 Å². The van der Waals surface area contributed by atoms with E-state index >= 15 is 0 Å². The summed E-state index contributed by atoms with van der Waals surface area (Å²) in [7, 11) is 1.92. The lowest BCUT2D eigenvalue weighted by molar-refractivity contribution is -0.0711. The van der Waals surface area contributed by atoms with E-state index in [0.29, 0.717) is 23.2 Å². The molecule has 0 saturated carbocycles. The molecule has 2 aliphatic heterocycles. The lowest BCUT2D eigenvalue weighted by Crippen LogP contribution is -2.54. The molecule has 0 spiro atoms. The molecule has 0 unspecified atom stereocenters. The summed E-state index contributed by atoms with van der Waals surface area (Å²) in [6.45, 7) is 13.0. The van der Waals surface area contributed by atoms with Gasteiger partial charge in [-0.05, 0) is 63.3 Å². The van der Waals surface area contributed by atoms with E-state index in [4.69, 9.17) is 4.74 Å². The Hall–Kier alpha value is -3.17. The molecular formula is C29H40N6O3. The normalized spacial score (nSPS) is 17.1. The third kappa shape index (κ3) is 4.85. The van der Waals surface area contributed by atoms with Crippen molar-refractivity contribution in [1.29, 1.82) is 0 Å². The minimum atomic E-state index is -0.165. The van der Waals surface area contributed by atoms with Crippen LogP contribution in [0.2, 0.25) is 0 Å². The van der Waals surface area contributed by atoms with Crippen molar-refractivity contribution in [2.24, 2.45) is 7.05 Å². The fourth-order valence-corrected chi connectivity index (χ4v) is 6.16. The van der Waals surface area contributed by atoms with Crippen LogP contribution in [0, 0.1) is 13.8 Å². The van der Waals surface area contributed by atoms with Crippen LogP contribution in [0.4, 0.5) is 5.69 Å². The van der Waals surface area contributed by atoms with Crippen molar-refractivity contribution in [1.82, 2.24) is 25.0 Å². The molecule has 2 N–H and O–H groups in total. The van der Waals surface area contributed by atoms with Crippen LogP contribution in [0.5, 0.6) is 0 Å². The number of aromatic nitrogens is 3. The van der Waals surface area contributed by atoms with E-state index in [-0.39, 0.29) is 18.0 Å². The Morgan fingerprint density at radius 3 is 2.53 bits per heavy atom. The number of hydrogen-bond acceptors (Lipinski definition) is 6. The number of hydrogen-bond donors (Lipinski definition) is 2. The average molecular weight is 521 g/mol. The zero-order chi connectivity index (χ0) is 27.0. The average Bonchev–Trinajstić information content (AvgIpc) is 3.23. The van der Waals surface area contributed by atoms with Gasteiger partial charge < -0.3 is 19.9 Å². The summed E-state index contributed by atoms with van der Waals surface area (Å²) in [5, 5.41) is 8.69. The van der Waals surface area contributed by atoms with Gasteiger partial charge in [-0.25, -0.2) is 0 Å². The molecule has 0 bridgehead atoms. The van der Waals surface area contributed by atoms with Crippen molar-refractivity contribution < 1.29 is 9.53 Å². The van der Waals surface area contributed by atoms with Gasteiger partial charge in [-0.1, -0.05) is 6.92 Å². The second-order valence-corrected chi connectivity index (χ2v) is 10.7. The minimum Gasteiger partial charge on any atom is -0.378 e. The Labute approximate surface area is 224 Å². The molecule has 0 aliphatic carbocycles. The molecule has 9 nitrogen and oxygen atoms in total. The first-order chi connectivity index (χ1) is 18.3. The summed E-state index contributed by atoms with van der Waals surface area (Å²) in [6.07, 6.45) is 4.83. The number of rotatable bonds is 8. The third-order valence-corrected chi connectivity index (χ3v) is 8.35. The number of carbonyl (C=O) groups excluding carboxylic acids is 1. The summed E-state index contributed by atoms with van der Waals surface area (Å²) in [6, 6.07) is 4.86. The zero-order valence-electron chi connectivity index (χ0n) is 23.3. The van der Waals surface area contributed by atoms with Gasteiger partial charge in [-0.15, -0.1) is 0 Å². The van der Waals surface area contributed by atoms with Crippen molar-refractivity contribution in [3.8, 4) is 0 Å². The molecule has 9 heteroatoms. The first-order valence-corrected chi connectivity index (χ1v) is 13.9. The number of piperidine rings is 1. The summed E-state index contributed by atoms with van der Waals surface area (Å²) < 4.78 is 7.26. The molecule has 1 aromatic carbocycles. The molecule has 3 aromatic rings. The number of H-pyrrole nitrogens is 1. The number of likely N-dealkylation sites (tertiary alicyclic amines) is 1. The highest BCUT2D eigenvalue weighted by atomic mass is 16.5. The molecule has 4 heterocycles. The van der Waals surface area contributed by atoms with Crippen LogP contribution < -0.4 is 15.8 Å². The van der Waals surface area contributed by atoms with E-state index in [1.807, 2.05) is 43.9 Å². The molecule has 5 rings (SSSR count). The van der Waals surface area contributed by atoms with E-state index in [1.165, 1.54) is 0 Å². The Morgan fingerprint density at radius 1 is 1.18 bits per heavy atom. The Balaban J connectivity index is 1.47. The number of pyridine rings is 1. The van der Waals surface area contributed by atoms with E-state index in [1.54, 1.807) is 0 Å². The van der Waals surface area contributed by atoms with Gasteiger partial charge in [0.1, 0.15) is 0 Å². The molecule has 2 saturated heterocycles. The number of aryl methyl sites for hydroxylation is 3. The van der Waals surface area contributed by atoms with Crippen LogP contribution in [0.25, 0.3) is 10.9 Å². The van der Waals surface area contributed by atoms with Crippen LogP contribution in [-0.2, 0) is 24.8 Å². The summed E-state index contributed by atoms with van der Waals surface area (Å²) in [5.74, 6) is -0.165. The summed E-state index contributed by atoms with van der Waals surface area (Å²) in [4.78, 5) is 34.1. The number of benzene rings is 1. The SMILES string of the molecule is CCc1c(C(=O)NCc2c(C)cc(C)[nH]c2=O)cc2c(cnn2C)c1N(CC)C1CCN(C2COC2)CC1. The number of nitrogens with one attached hydrogen (secondary N) is 2. The van der Waals surface area contributed by atoms with Crippen LogP contribution in [0.15, 0.2) is 23.1 Å². The summed E-state index contributed by atoms with van der Waals surface area (Å²) >= 11 is 0. The van der Waals surface area contributed by atoms with E-state index in [9.17, 15) is 9.59 Å². The highest BCUT2D eigenvalue weighted by Gasteiger charge is 2.33. The van der Waals surface area contributed by atoms with Gasteiger partial charge in [0.25, 0.3) is 11.5 Å². The maximum absolute atomic E-state index is 13.7. The van der Waals surface area contributed by atoms with Crippen LogP contribution in [0.3, 0.4) is 0 Å². The minimum absolute atomic E-state index is 0.154. The van der Waals surface area contributed by atoms with Gasteiger partial charge in [-0.2, -0.15) is 5.10 Å². The number of carbonyl (C=O) groups is 1. The number of ether oxygens (including phenoxy) is 1. The van der Waals surface area contributed by atoms with Gasteiger partial charge in [0.2, 0.25) is 0 Å². The lowest BCUT2D eigenvalue weighted by atomic mass is 9.94. The fraction of sp³-hybridized carbons (Fsp3) is 0.552. The zero-order valence-corrected chi connectivity index (χ0v) is 23.3. The molecular weight excluding hydrogens is 480 g/mol. The van der Waals surface area contributed by atoms with Gasteiger partial charge in [0.05, 0.1) is 36.7 Å². The van der Waals surface area contributed by atoms with Crippen molar-refractivity contribution in [3.05, 3.63) is 56.6 Å². The highest BCUT2D eigenvalue weighted by Crippen LogP contribution is 2.37. The molecule has 2 fully saturated rings. The maximum atomic E-state index is 13.7. The monoisotopic (exact) mass is 520 g/mol. The van der Waals surface area contributed by atoms with Crippen LogP contribution in [-0.4, -0.2) is 70.5 Å². The maximum Gasteiger partial charge on any atom is 0.253 e. The van der Waals surface area contributed by atoms with Crippen molar-refractivity contribution in [3.63, 3.8) is 0 Å². The number of nitrogens with zero attached hydrogens (tertiary/aromatic N) is 4. The second-order valence-electron chi connectivity index (χ2n) is 10.7. The quantitative estimate of drug-likeness (QED) is 0.474. The molecule has 1 amide bonds. The van der Waals surface area contributed by atoms with E-state index < -0.39 is 0 Å². The van der Waals surface area contributed by atoms with Gasteiger partial charge >= 0.3 is 0 Å². The fourth-order valence-electron chi connectivity index (χ4n) is 6.16. The lowest BCUT2D eigenvalue weighted by Gasteiger charge is -2.45. The predicted octanol–water partition coefficient (Wildman–Crippen LogP) is 3.06. The Morgan fingerprint density at radius 2 is 1.92 bits per heavy atom. The first-order valence-electron chi connectivity index (χ1n) is 13.9. The smallest absolute Gasteiger partial charge is 0.253 e. The van der Waals surface area contributed by atoms with Crippen LogP contribution in [0.1, 0.15) is 59.4 Å². The second kappa shape index (κ2) is 10.9. The van der Waals surface area contributed by atoms with Gasteiger partial charge in [0.15, 0.2) is 0 Å². The molecule has 2 aliphatic rings. The first kappa shape index (κ1) is 26.4. The van der Waals surface area contributed by atoms with Gasteiger partial charge in [0, 0.05) is 61.5 Å². The summed E-state index contributed by atoms with van der Waals surface area (Å²) in [5.41, 5.74) is 5.88. The highest BCUT2D eigenvalue weighted by molar-refractivity contribution is 6.05. The number of fused-ring (bicyclic) bond motifs is 1. The Kier molecular flexibility index (Phi) is 7.59. The van der Waals surface area contributed by atoms with Crippen molar-refractivity contribution in [2.75, 3.05) is 37.7 Å².